The zero-order valence-corrected chi connectivity index (χ0v) is 14.4. The van der Waals surface area contributed by atoms with E-state index < -0.39 is 22.7 Å². The summed E-state index contributed by atoms with van der Waals surface area (Å²) in [6, 6.07) is 14.1. The van der Waals surface area contributed by atoms with Crippen LogP contribution in [0.25, 0.3) is 0 Å². The van der Waals surface area contributed by atoms with Crippen molar-refractivity contribution < 1.29 is 18.5 Å². The Hall–Kier alpha value is -2.47. The average molecular weight is 345 g/mol. The molecule has 0 aromatic heterocycles. The molecule has 1 unspecified atom stereocenters. The quantitative estimate of drug-likeness (QED) is 0.817. The molecule has 1 atom stereocenters. The van der Waals surface area contributed by atoms with E-state index in [0.717, 1.165) is 11.1 Å². The van der Waals surface area contributed by atoms with Crippen LogP contribution in [0.2, 0.25) is 0 Å². The maximum atomic E-state index is 12.0. The van der Waals surface area contributed by atoms with Crippen LogP contribution in [0.3, 0.4) is 0 Å². The summed E-state index contributed by atoms with van der Waals surface area (Å²) in [6.45, 7) is 1.52. The summed E-state index contributed by atoms with van der Waals surface area (Å²) in [4.78, 5) is 23.9. The number of ether oxygens (including phenoxy) is 1. The Bertz CT molecular complexity index is 773. The summed E-state index contributed by atoms with van der Waals surface area (Å²) >= 11 is 0. The van der Waals surface area contributed by atoms with Crippen LogP contribution in [0.1, 0.15) is 21.5 Å². The molecule has 5 nitrogen and oxygen atoms in total. The highest BCUT2D eigenvalue weighted by Crippen LogP contribution is 2.13. The van der Waals surface area contributed by atoms with Gasteiger partial charge in [-0.3, -0.25) is 9.00 Å². The van der Waals surface area contributed by atoms with Crippen molar-refractivity contribution in [3.63, 3.8) is 0 Å². The van der Waals surface area contributed by atoms with Crippen LogP contribution in [0.15, 0.2) is 48.5 Å². The predicted molar refractivity (Wildman–Crippen MR) is 94.3 cm³/mol. The minimum Gasteiger partial charge on any atom is -0.452 e. The summed E-state index contributed by atoms with van der Waals surface area (Å²) in [5, 5.41) is 2.70. The minimum atomic E-state index is -0.990. The van der Waals surface area contributed by atoms with E-state index in [4.69, 9.17) is 4.74 Å². The number of rotatable bonds is 6. The number of carbonyl (C=O) groups excluding carboxylic acids is 2. The van der Waals surface area contributed by atoms with Gasteiger partial charge in [-0.1, -0.05) is 30.3 Å². The molecule has 24 heavy (non-hydrogen) atoms. The second-order valence-corrected chi connectivity index (χ2v) is 6.79. The molecule has 1 amide bonds. The van der Waals surface area contributed by atoms with Gasteiger partial charge in [0.25, 0.3) is 5.91 Å². The summed E-state index contributed by atoms with van der Waals surface area (Å²) in [7, 11) is -0.990. The van der Waals surface area contributed by atoms with Gasteiger partial charge in [0.2, 0.25) is 0 Å². The van der Waals surface area contributed by atoms with Crippen molar-refractivity contribution in [2.24, 2.45) is 0 Å². The first kappa shape index (κ1) is 17.9. The van der Waals surface area contributed by atoms with Crippen molar-refractivity contribution in [1.29, 1.82) is 0 Å². The number of para-hydroxylation sites is 1. The number of esters is 1. The first-order chi connectivity index (χ1) is 11.5. The molecule has 1 N–H and O–H groups in total. The van der Waals surface area contributed by atoms with Crippen LogP contribution in [0, 0.1) is 6.92 Å². The fraction of sp³-hybridized carbons (Fsp3) is 0.222. The Morgan fingerprint density at radius 1 is 1.12 bits per heavy atom. The monoisotopic (exact) mass is 345 g/mol. The van der Waals surface area contributed by atoms with Gasteiger partial charge >= 0.3 is 5.97 Å². The van der Waals surface area contributed by atoms with Gasteiger partial charge < -0.3 is 10.1 Å². The molecule has 2 aromatic rings. The summed E-state index contributed by atoms with van der Waals surface area (Å²) in [5.74, 6) is -0.614. The number of anilines is 1. The highest BCUT2D eigenvalue weighted by Gasteiger charge is 2.12. The lowest BCUT2D eigenvalue weighted by Gasteiger charge is -2.09. The number of carbonyl (C=O) groups is 2. The lowest BCUT2D eigenvalue weighted by molar-refractivity contribution is -0.119. The topological polar surface area (TPSA) is 72.5 Å². The number of benzene rings is 2. The van der Waals surface area contributed by atoms with Crippen LogP contribution in [-0.4, -0.2) is 28.9 Å². The van der Waals surface area contributed by atoms with E-state index >= 15 is 0 Å². The molecule has 2 rings (SSSR count). The van der Waals surface area contributed by atoms with Crippen molar-refractivity contribution in [3.05, 3.63) is 65.2 Å². The van der Waals surface area contributed by atoms with Gasteiger partial charge in [-0.05, 0) is 36.2 Å². The van der Waals surface area contributed by atoms with E-state index in [1.165, 1.54) is 0 Å². The van der Waals surface area contributed by atoms with Gasteiger partial charge in [-0.25, -0.2) is 4.79 Å². The summed E-state index contributed by atoms with van der Waals surface area (Å²) < 4.78 is 16.3. The smallest absolute Gasteiger partial charge is 0.338 e. The average Bonchev–Trinajstić information content (AvgIpc) is 2.54. The molecule has 6 heteroatoms. The Labute approximate surface area is 143 Å². The molecule has 2 aromatic carbocycles. The van der Waals surface area contributed by atoms with E-state index in [1.54, 1.807) is 36.6 Å². The van der Waals surface area contributed by atoms with Gasteiger partial charge in [0.15, 0.2) is 6.61 Å². The normalized spacial score (nSPS) is 11.6. The molecular weight excluding hydrogens is 326 g/mol. The minimum absolute atomic E-state index is 0.335. The molecule has 0 saturated carbocycles. The molecular formula is C18H19NO4S. The van der Waals surface area contributed by atoms with E-state index in [9.17, 15) is 13.8 Å². The number of amides is 1. The third-order valence-electron chi connectivity index (χ3n) is 3.29. The SMILES string of the molecule is Cc1ccccc1NC(=O)COC(=O)c1cccc(CS(C)=O)c1. The lowest BCUT2D eigenvalue weighted by Crippen LogP contribution is -2.21. The third-order valence-corrected chi connectivity index (χ3v) is 4.03. The molecule has 0 radical (unpaired) electrons. The number of aryl methyl sites for hydroxylation is 1. The molecule has 0 aliphatic carbocycles. The van der Waals surface area contributed by atoms with E-state index in [1.807, 2.05) is 25.1 Å². The van der Waals surface area contributed by atoms with Gasteiger partial charge in [0.05, 0.1) is 5.56 Å². The summed E-state index contributed by atoms with van der Waals surface area (Å²) in [5.41, 5.74) is 2.74. The second kappa shape index (κ2) is 8.40. The van der Waals surface area contributed by atoms with Gasteiger partial charge in [-0.2, -0.15) is 0 Å². The first-order valence-corrected chi connectivity index (χ1v) is 9.10. The van der Waals surface area contributed by atoms with Crippen molar-refractivity contribution in [2.75, 3.05) is 18.2 Å². The second-order valence-electron chi connectivity index (χ2n) is 5.36. The molecule has 0 aliphatic rings. The van der Waals surface area contributed by atoms with E-state index in [0.29, 0.717) is 17.0 Å². The first-order valence-electron chi connectivity index (χ1n) is 7.37. The fourth-order valence-electron chi connectivity index (χ4n) is 2.14. The molecule has 0 fully saturated rings. The van der Waals surface area contributed by atoms with Crippen LogP contribution in [0.5, 0.6) is 0 Å². The highest BCUT2D eigenvalue weighted by atomic mass is 32.2. The van der Waals surface area contributed by atoms with Gasteiger partial charge in [0.1, 0.15) is 0 Å². The van der Waals surface area contributed by atoms with Crippen molar-refractivity contribution in [2.45, 2.75) is 12.7 Å². The Balaban J connectivity index is 1.92. The third kappa shape index (κ3) is 5.31. The van der Waals surface area contributed by atoms with Crippen molar-refractivity contribution in [1.82, 2.24) is 0 Å². The largest absolute Gasteiger partial charge is 0.452 e. The maximum Gasteiger partial charge on any atom is 0.338 e. The van der Waals surface area contributed by atoms with Gasteiger partial charge in [-0.15, -0.1) is 0 Å². The molecule has 126 valence electrons. The number of hydrogen-bond donors (Lipinski definition) is 1. The molecule has 0 bridgehead atoms. The van der Waals surface area contributed by atoms with Gasteiger partial charge in [0, 0.05) is 28.5 Å². The zero-order valence-electron chi connectivity index (χ0n) is 13.6. The molecule has 0 spiro atoms. The Morgan fingerprint density at radius 2 is 1.88 bits per heavy atom. The Morgan fingerprint density at radius 3 is 2.58 bits per heavy atom. The van der Waals surface area contributed by atoms with Crippen molar-refractivity contribution in [3.8, 4) is 0 Å². The zero-order chi connectivity index (χ0) is 17.5. The molecule has 0 heterocycles. The summed E-state index contributed by atoms with van der Waals surface area (Å²) in [6.07, 6.45) is 1.60. The lowest BCUT2D eigenvalue weighted by atomic mass is 10.1. The van der Waals surface area contributed by atoms with E-state index in [-0.39, 0.29) is 6.61 Å². The standard InChI is InChI=1S/C18H19NO4S/c1-13-6-3-4-9-16(13)19-17(20)11-23-18(21)15-8-5-7-14(10-15)12-24(2)22/h3-10H,11-12H2,1-2H3,(H,19,20). The van der Waals surface area contributed by atoms with Crippen LogP contribution >= 0.6 is 0 Å². The van der Waals surface area contributed by atoms with Crippen molar-refractivity contribution >= 4 is 28.4 Å². The maximum absolute atomic E-state index is 12.0. The predicted octanol–water partition coefficient (Wildman–Crippen LogP) is 2.67. The van der Waals surface area contributed by atoms with Crippen LogP contribution in [0.4, 0.5) is 5.69 Å². The van der Waals surface area contributed by atoms with Crippen LogP contribution < -0.4 is 5.32 Å². The number of nitrogens with one attached hydrogen (secondary N) is 1. The highest BCUT2D eigenvalue weighted by molar-refractivity contribution is 7.83. The number of hydrogen-bond acceptors (Lipinski definition) is 4. The Kier molecular flexibility index (Phi) is 6.26. The molecule has 0 aliphatic heterocycles. The fourth-order valence-corrected chi connectivity index (χ4v) is 2.79. The van der Waals surface area contributed by atoms with E-state index in [2.05, 4.69) is 5.32 Å². The molecule has 0 saturated heterocycles. The van der Waals surface area contributed by atoms with Crippen LogP contribution in [-0.2, 0) is 26.1 Å².